The second kappa shape index (κ2) is 2.41. The summed E-state index contributed by atoms with van der Waals surface area (Å²) < 4.78 is 1.50. The molecule has 56 valence electrons. The highest BCUT2D eigenvalue weighted by Gasteiger charge is 2.01. The second-order valence-corrected chi connectivity index (χ2v) is 2.16. The lowest BCUT2D eigenvalue weighted by atomic mass is 10.8. The maximum absolute atomic E-state index is 8.46. The van der Waals surface area contributed by atoms with Gasteiger partial charge in [-0.3, -0.25) is 10.4 Å². The summed E-state index contributed by atoms with van der Waals surface area (Å²) in [4.78, 5) is 3.60. The molecular weight excluding hydrogens is 154 g/mol. The van der Waals surface area contributed by atoms with Crippen LogP contribution in [0.2, 0.25) is 0 Å². The Balaban J connectivity index is 3.05. The van der Waals surface area contributed by atoms with Gasteiger partial charge in [0.15, 0.2) is 5.82 Å². The monoisotopic (exact) mass is 160 g/mol. The number of rotatable bonds is 1. The number of hydrogen-bond acceptors (Lipinski definition) is 5. The number of hydrogen-bond donors (Lipinski definition) is 2. The van der Waals surface area contributed by atoms with E-state index in [0.29, 0.717) is 0 Å². The van der Waals surface area contributed by atoms with Crippen molar-refractivity contribution in [1.29, 1.82) is 0 Å². The first-order valence-corrected chi connectivity index (χ1v) is 2.90. The molecule has 6 heteroatoms. The van der Waals surface area contributed by atoms with Gasteiger partial charge >= 0.3 is 0 Å². The van der Waals surface area contributed by atoms with Crippen LogP contribution in [-0.2, 0) is 19.7 Å². The van der Waals surface area contributed by atoms with Crippen molar-refractivity contribution in [2.45, 2.75) is 5.03 Å². The molecule has 1 rings (SSSR count). The van der Waals surface area contributed by atoms with Gasteiger partial charge in [0.25, 0.3) is 0 Å². The van der Waals surface area contributed by atoms with E-state index < -0.39 is 0 Å². The number of anilines is 1. The smallest absolute Gasteiger partial charge is 0.181 e. The summed E-state index contributed by atoms with van der Waals surface area (Å²) in [6.07, 6.45) is 1.40. The molecule has 0 radical (unpaired) electrons. The van der Waals surface area contributed by atoms with Crippen LogP contribution in [0.25, 0.3) is 0 Å². The largest absolute Gasteiger partial charge is 0.758 e. The molecular formula is C4H6N3O2S-. The highest BCUT2D eigenvalue weighted by molar-refractivity contribution is 7.58. The molecule has 0 fully saturated rings. The molecule has 0 spiro atoms. The zero-order chi connectivity index (χ0) is 7.72. The molecule has 0 aliphatic carbocycles. The van der Waals surface area contributed by atoms with E-state index in [1.165, 1.54) is 10.9 Å². The lowest BCUT2D eigenvalue weighted by molar-refractivity contribution is 0.0253. The molecule has 1 aromatic heterocycles. The number of nitrogens with zero attached hydrogens (tertiary/aromatic N) is 3. The van der Waals surface area contributed by atoms with Gasteiger partial charge in [0.1, 0.15) is 0 Å². The van der Waals surface area contributed by atoms with Crippen molar-refractivity contribution >= 4 is 18.4 Å². The molecule has 0 unspecified atom stereocenters. The lowest BCUT2D eigenvalue weighted by Gasteiger charge is -2.11. The van der Waals surface area contributed by atoms with Crippen molar-refractivity contribution < 1.29 is 10.4 Å². The average molecular weight is 160 g/mol. The molecule has 0 aliphatic rings. The van der Waals surface area contributed by atoms with Gasteiger partial charge < -0.3 is 17.2 Å². The van der Waals surface area contributed by atoms with Crippen molar-refractivity contribution in [2.24, 2.45) is 7.05 Å². The maximum atomic E-state index is 8.46. The third kappa shape index (κ3) is 1.04. The van der Waals surface area contributed by atoms with Crippen molar-refractivity contribution in [3.05, 3.63) is 6.33 Å². The molecule has 0 aromatic carbocycles. The fourth-order valence-corrected chi connectivity index (χ4v) is 0.725. The summed E-state index contributed by atoms with van der Waals surface area (Å²) in [5.41, 5.74) is 0. The van der Waals surface area contributed by atoms with E-state index in [-0.39, 0.29) is 16.1 Å². The van der Waals surface area contributed by atoms with Crippen LogP contribution in [0.3, 0.4) is 0 Å². The predicted octanol–water partition coefficient (Wildman–Crippen LogP) is -0.0893. The van der Waals surface area contributed by atoms with Crippen molar-refractivity contribution in [2.75, 3.05) is 5.23 Å². The van der Waals surface area contributed by atoms with Crippen molar-refractivity contribution in [1.82, 2.24) is 9.55 Å². The minimum absolute atomic E-state index is 0.0301. The Bertz CT molecular complexity index is 234. The van der Waals surface area contributed by atoms with Crippen LogP contribution in [0.5, 0.6) is 0 Å². The minimum Gasteiger partial charge on any atom is -0.758 e. The van der Waals surface area contributed by atoms with Gasteiger partial charge in [0.05, 0.1) is 6.33 Å². The first kappa shape index (κ1) is 7.26. The third-order valence-corrected chi connectivity index (χ3v) is 1.52. The zero-order valence-electron chi connectivity index (χ0n) is 5.22. The molecule has 2 N–H and O–H groups in total. The molecule has 5 nitrogen and oxygen atoms in total. The first-order chi connectivity index (χ1) is 4.63. The molecule has 0 bridgehead atoms. The fourth-order valence-electron chi connectivity index (χ4n) is 0.544. The van der Waals surface area contributed by atoms with E-state index in [2.05, 4.69) is 4.98 Å². The first-order valence-electron chi connectivity index (χ1n) is 2.49. The van der Waals surface area contributed by atoms with Crippen LogP contribution >= 0.6 is 0 Å². The van der Waals surface area contributed by atoms with E-state index in [1.807, 2.05) is 0 Å². The van der Waals surface area contributed by atoms with Gasteiger partial charge in [-0.25, -0.2) is 4.98 Å². The average Bonchev–Trinajstić information content (AvgIpc) is 2.14. The van der Waals surface area contributed by atoms with E-state index in [0.717, 1.165) is 0 Å². The summed E-state index contributed by atoms with van der Waals surface area (Å²) in [6.45, 7) is 0. The quantitative estimate of drug-likeness (QED) is 0.444. The van der Waals surface area contributed by atoms with Gasteiger partial charge in [0, 0.05) is 7.05 Å². The lowest BCUT2D eigenvalue weighted by Crippen LogP contribution is -2.12. The van der Waals surface area contributed by atoms with Gasteiger partial charge in [-0.1, -0.05) is 5.03 Å². The Hall–Kier alpha value is -0.850. The van der Waals surface area contributed by atoms with Crippen molar-refractivity contribution in [3.63, 3.8) is 0 Å². The van der Waals surface area contributed by atoms with E-state index in [4.69, 9.17) is 23.0 Å². The molecule has 1 aromatic rings. The maximum Gasteiger partial charge on any atom is 0.181 e. The van der Waals surface area contributed by atoms with Crippen LogP contribution < -0.4 is 5.23 Å². The summed E-state index contributed by atoms with van der Waals surface area (Å²) in [7, 11) is 1.67. The van der Waals surface area contributed by atoms with Crippen LogP contribution in [-0.4, -0.2) is 20.0 Å². The number of aromatic nitrogens is 2. The Morgan fingerprint density at radius 3 is 2.50 bits per heavy atom. The topological polar surface area (TPSA) is 61.5 Å². The summed E-state index contributed by atoms with van der Waals surface area (Å²) >= 11 is 4.74. The molecule has 0 atom stereocenters. The second-order valence-electron chi connectivity index (χ2n) is 1.77. The number of aryl methyl sites for hydroxylation is 1. The molecule has 10 heavy (non-hydrogen) atoms. The van der Waals surface area contributed by atoms with Gasteiger partial charge in [-0.15, -0.1) is 5.23 Å². The highest BCUT2D eigenvalue weighted by Crippen LogP contribution is 2.12. The fraction of sp³-hybridized carbons (Fsp3) is 0.250. The standard InChI is InChI=1S/C4H7N3O2S/c1-6-2-5-3(4(6)10)7(8)9/h2,8-10H,1H3/p-1. The highest BCUT2D eigenvalue weighted by atomic mass is 32.1. The van der Waals surface area contributed by atoms with Crippen LogP contribution in [0.1, 0.15) is 0 Å². The normalized spacial score (nSPS) is 9.90. The number of imidazole rings is 1. The van der Waals surface area contributed by atoms with E-state index in [9.17, 15) is 0 Å². The van der Waals surface area contributed by atoms with Crippen LogP contribution in [0.4, 0.5) is 5.82 Å². The van der Waals surface area contributed by atoms with E-state index >= 15 is 0 Å². The summed E-state index contributed by atoms with van der Waals surface area (Å²) in [6, 6.07) is 0. The van der Waals surface area contributed by atoms with Gasteiger partial charge in [-0.2, -0.15) is 0 Å². The summed E-state index contributed by atoms with van der Waals surface area (Å²) in [5.74, 6) is -0.0301. The Labute approximate surface area is 62.8 Å². The molecule has 1 heterocycles. The Morgan fingerprint density at radius 2 is 2.30 bits per heavy atom. The zero-order valence-corrected chi connectivity index (χ0v) is 6.04. The van der Waals surface area contributed by atoms with Crippen LogP contribution in [0.15, 0.2) is 11.4 Å². The van der Waals surface area contributed by atoms with Crippen molar-refractivity contribution in [3.8, 4) is 0 Å². The molecule has 0 saturated heterocycles. The SMILES string of the molecule is Cn1cnc(N(O)O)c1[S-]. The molecule has 0 saturated carbocycles. The Kier molecular flexibility index (Phi) is 1.75. The van der Waals surface area contributed by atoms with Gasteiger partial charge in [0.2, 0.25) is 0 Å². The third-order valence-electron chi connectivity index (χ3n) is 1.05. The van der Waals surface area contributed by atoms with E-state index in [1.54, 1.807) is 7.05 Å². The summed E-state index contributed by atoms with van der Waals surface area (Å²) in [5, 5.41) is 17.1. The van der Waals surface area contributed by atoms with Crippen LogP contribution in [0, 0.1) is 0 Å². The Morgan fingerprint density at radius 1 is 1.70 bits per heavy atom. The van der Waals surface area contributed by atoms with Gasteiger partial charge in [-0.05, 0) is 0 Å². The molecule has 0 amide bonds. The molecule has 0 aliphatic heterocycles. The minimum atomic E-state index is -0.0949. The predicted molar refractivity (Wildman–Crippen MR) is 34.9 cm³/mol.